The van der Waals surface area contributed by atoms with Gasteiger partial charge in [0.1, 0.15) is 5.75 Å². The van der Waals surface area contributed by atoms with Crippen LogP contribution in [-0.4, -0.2) is 41.0 Å². The smallest absolute Gasteiger partial charge is 0.449 e. The number of fused-ring (bicyclic) bond motifs is 1. The number of alkyl halides is 3. The maximum Gasteiger partial charge on any atom is 0.449 e. The molecule has 0 atom stereocenters. The first kappa shape index (κ1) is 21.4. The van der Waals surface area contributed by atoms with Gasteiger partial charge in [0, 0.05) is 18.8 Å². The van der Waals surface area contributed by atoms with Crippen molar-refractivity contribution in [3.05, 3.63) is 66.5 Å². The standard InChI is InChI=1S/C21H21F3N4O2/c1-3-10-28(12-14-4-7-16(30-2)8-5-14)13-19(29)25-15-6-9-17-18(11-15)27-20(26-17)21(22,23)24/h3-9,11H,1,10,12-13H2,2H3,(H,25,29)(H,26,27). The Balaban J connectivity index is 1.66. The van der Waals surface area contributed by atoms with Crippen LogP contribution in [0.5, 0.6) is 5.75 Å². The molecule has 0 aliphatic heterocycles. The predicted octanol–water partition coefficient (Wildman–Crippen LogP) is 4.22. The molecule has 0 saturated carbocycles. The van der Waals surface area contributed by atoms with Crippen LogP contribution in [0.25, 0.3) is 11.0 Å². The van der Waals surface area contributed by atoms with Gasteiger partial charge in [-0.1, -0.05) is 18.2 Å². The molecule has 0 aliphatic carbocycles. The van der Waals surface area contributed by atoms with Gasteiger partial charge < -0.3 is 15.0 Å². The number of benzene rings is 2. The first-order valence-corrected chi connectivity index (χ1v) is 9.11. The summed E-state index contributed by atoms with van der Waals surface area (Å²) in [7, 11) is 1.59. The molecule has 158 valence electrons. The highest BCUT2D eigenvalue weighted by molar-refractivity contribution is 5.94. The zero-order valence-electron chi connectivity index (χ0n) is 16.3. The third kappa shape index (κ3) is 5.38. The number of halogens is 3. The lowest BCUT2D eigenvalue weighted by Gasteiger charge is -2.20. The number of carbonyl (C=O) groups is 1. The van der Waals surface area contributed by atoms with E-state index in [9.17, 15) is 18.0 Å². The Morgan fingerprint density at radius 2 is 2.00 bits per heavy atom. The highest BCUT2D eigenvalue weighted by Gasteiger charge is 2.34. The van der Waals surface area contributed by atoms with Crippen LogP contribution in [0.3, 0.4) is 0 Å². The Hall–Kier alpha value is -3.33. The Morgan fingerprint density at radius 1 is 1.27 bits per heavy atom. The highest BCUT2D eigenvalue weighted by atomic mass is 19.4. The van der Waals surface area contributed by atoms with Crippen molar-refractivity contribution in [3.63, 3.8) is 0 Å². The second kappa shape index (κ2) is 9.00. The molecule has 9 heteroatoms. The largest absolute Gasteiger partial charge is 0.497 e. The molecule has 1 heterocycles. The van der Waals surface area contributed by atoms with Gasteiger partial charge in [-0.25, -0.2) is 4.98 Å². The Morgan fingerprint density at radius 3 is 2.63 bits per heavy atom. The monoisotopic (exact) mass is 418 g/mol. The van der Waals surface area contributed by atoms with Gasteiger partial charge in [0.15, 0.2) is 0 Å². The van der Waals surface area contributed by atoms with Crippen molar-refractivity contribution >= 4 is 22.6 Å². The molecule has 1 amide bonds. The Kier molecular flexibility index (Phi) is 6.41. The molecule has 3 rings (SSSR count). The molecule has 0 radical (unpaired) electrons. The average Bonchev–Trinajstić information content (AvgIpc) is 3.12. The first-order valence-electron chi connectivity index (χ1n) is 9.11. The van der Waals surface area contributed by atoms with Crippen LogP contribution < -0.4 is 10.1 Å². The lowest BCUT2D eigenvalue weighted by molar-refractivity contribution is -0.144. The van der Waals surface area contributed by atoms with E-state index in [0.29, 0.717) is 18.8 Å². The normalized spacial score (nSPS) is 11.6. The Bertz CT molecular complexity index is 1030. The number of nitrogens with one attached hydrogen (secondary N) is 2. The van der Waals surface area contributed by atoms with Gasteiger partial charge in [0.2, 0.25) is 11.7 Å². The van der Waals surface area contributed by atoms with Crippen LogP contribution >= 0.6 is 0 Å². The number of imidazole rings is 1. The number of carbonyl (C=O) groups excluding carboxylic acids is 1. The minimum absolute atomic E-state index is 0.0901. The summed E-state index contributed by atoms with van der Waals surface area (Å²) < 4.78 is 43.5. The number of nitrogens with zero attached hydrogens (tertiary/aromatic N) is 2. The van der Waals surface area contributed by atoms with Crippen LogP contribution in [-0.2, 0) is 17.5 Å². The van der Waals surface area contributed by atoms with Crippen molar-refractivity contribution in [2.24, 2.45) is 0 Å². The SMILES string of the molecule is C=CCN(CC(=O)Nc1ccc2nc(C(F)(F)F)[nH]c2c1)Cc1ccc(OC)cc1. The van der Waals surface area contributed by atoms with E-state index in [4.69, 9.17) is 4.74 Å². The lowest BCUT2D eigenvalue weighted by atomic mass is 10.2. The fourth-order valence-electron chi connectivity index (χ4n) is 2.98. The number of rotatable bonds is 8. The van der Waals surface area contributed by atoms with E-state index in [1.165, 1.54) is 18.2 Å². The number of hydrogen-bond acceptors (Lipinski definition) is 4. The van der Waals surface area contributed by atoms with E-state index in [1.54, 1.807) is 13.2 Å². The van der Waals surface area contributed by atoms with Crippen molar-refractivity contribution in [1.82, 2.24) is 14.9 Å². The molecule has 6 nitrogen and oxygen atoms in total. The molecule has 3 aromatic rings. The van der Waals surface area contributed by atoms with Crippen LogP contribution in [0, 0.1) is 0 Å². The number of amides is 1. The zero-order chi connectivity index (χ0) is 21.7. The second-order valence-corrected chi connectivity index (χ2v) is 6.67. The summed E-state index contributed by atoms with van der Waals surface area (Å²) in [5.41, 5.74) is 1.76. The molecule has 0 aliphatic rings. The number of anilines is 1. The molecule has 0 spiro atoms. The maximum absolute atomic E-state index is 12.8. The number of aromatic amines is 1. The quantitative estimate of drug-likeness (QED) is 0.538. The summed E-state index contributed by atoms with van der Waals surface area (Å²) in [5, 5.41) is 2.71. The summed E-state index contributed by atoms with van der Waals surface area (Å²) in [6, 6.07) is 11.9. The van der Waals surface area contributed by atoms with E-state index in [0.717, 1.165) is 11.3 Å². The first-order chi connectivity index (χ1) is 14.3. The molecule has 2 N–H and O–H groups in total. The van der Waals surface area contributed by atoms with Gasteiger partial charge in [-0.15, -0.1) is 6.58 Å². The summed E-state index contributed by atoms with van der Waals surface area (Å²) in [5.74, 6) is -0.618. The summed E-state index contributed by atoms with van der Waals surface area (Å²) in [6.07, 6.45) is -2.86. The molecular weight excluding hydrogens is 397 g/mol. The number of ether oxygens (including phenoxy) is 1. The van der Waals surface area contributed by atoms with Gasteiger partial charge in [-0.2, -0.15) is 13.2 Å². The van der Waals surface area contributed by atoms with Crippen molar-refractivity contribution in [1.29, 1.82) is 0 Å². The molecule has 0 unspecified atom stereocenters. The van der Waals surface area contributed by atoms with Gasteiger partial charge >= 0.3 is 6.18 Å². The molecular formula is C21H21F3N4O2. The molecule has 0 fully saturated rings. The van der Waals surface area contributed by atoms with Crippen LogP contribution in [0.1, 0.15) is 11.4 Å². The maximum atomic E-state index is 12.8. The zero-order valence-corrected chi connectivity index (χ0v) is 16.3. The van der Waals surface area contributed by atoms with Crippen molar-refractivity contribution in [3.8, 4) is 5.75 Å². The molecule has 2 aromatic carbocycles. The lowest BCUT2D eigenvalue weighted by Crippen LogP contribution is -2.33. The summed E-state index contributed by atoms with van der Waals surface area (Å²) >= 11 is 0. The summed E-state index contributed by atoms with van der Waals surface area (Å²) in [6.45, 7) is 4.83. The molecule has 0 saturated heterocycles. The molecule has 30 heavy (non-hydrogen) atoms. The average molecular weight is 418 g/mol. The van der Waals surface area contributed by atoms with Crippen LogP contribution in [0.15, 0.2) is 55.1 Å². The molecule has 1 aromatic heterocycles. The third-order valence-electron chi connectivity index (χ3n) is 4.35. The highest BCUT2D eigenvalue weighted by Crippen LogP contribution is 2.29. The van der Waals surface area contributed by atoms with Crippen LogP contribution in [0.4, 0.5) is 18.9 Å². The number of H-pyrrole nitrogens is 1. The van der Waals surface area contributed by atoms with Crippen molar-refractivity contribution in [2.75, 3.05) is 25.5 Å². The fourth-order valence-corrected chi connectivity index (χ4v) is 2.98. The minimum atomic E-state index is -4.56. The third-order valence-corrected chi connectivity index (χ3v) is 4.35. The van der Waals surface area contributed by atoms with Gasteiger partial charge in [-0.3, -0.25) is 9.69 Å². The van der Waals surface area contributed by atoms with E-state index < -0.39 is 12.0 Å². The van der Waals surface area contributed by atoms with E-state index >= 15 is 0 Å². The Labute approximate surface area is 171 Å². The number of methoxy groups -OCH3 is 1. The minimum Gasteiger partial charge on any atom is -0.497 e. The van der Waals surface area contributed by atoms with Crippen molar-refractivity contribution < 1.29 is 22.7 Å². The topological polar surface area (TPSA) is 70.2 Å². The predicted molar refractivity (Wildman–Crippen MR) is 108 cm³/mol. The second-order valence-electron chi connectivity index (χ2n) is 6.67. The fraction of sp³-hybridized carbons (Fsp3) is 0.238. The van der Waals surface area contributed by atoms with Crippen molar-refractivity contribution in [2.45, 2.75) is 12.7 Å². The number of aromatic nitrogens is 2. The van der Waals surface area contributed by atoms with E-state index in [-0.39, 0.29) is 23.5 Å². The summed E-state index contributed by atoms with van der Waals surface area (Å²) in [4.78, 5) is 20.1. The number of hydrogen-bond donors (Lipinski definition) is 2. The van der Waals surface area contributed by atoms with Gasteiger partial charge in [0.25, 0.3) is 0 Å². The van der Waals surface area contributed by atoms with E-state index in [2.05, 4.69) is 21.9 Å². The van der Waals surface area contributed by atoms with Crippen LogP contribution in [0.2, 0.25) is 0 Å². The van der Waals surface area contributed by atoms with Gasteiger partial charge in [0.05, 0.1) is 24.7 Å². The van der Waals surface area contributed by atoms with Gasteiger partial charge in [-0.05, 0) is 35.9 Å². The van der Waals surface area contributed by atoms with E-state index in [1.807, 2.05) is 29.2 Å². The molecule has 0 bridgehead atoms.